The van der Waals surface area contributed by atoms with Gasteiger partial charge in [-0.15, -0.1) is 11.8 Å². The van der Waals surface area contributed by atoms with Crippen LogP contribution in [0, 0.1) is 0 Å². The van der Waals surface area contributed by atoms with E-state index in [2.05, 4.69) is 12.1 Å². The van der Waals surface area contributed by atoms with Crippen molar-refractivity contribution >= 4 is 17.7 Å². The molecule has 1 amide bonds. The van der Waals surface area contributed by atoms with Gasteiger partial charge < -0.3 is 9.64 Å². The van der Waals surface area contributed by atoms with Gasteiger partial charge in [-0.05, 0) is 11.6 Å². The summed E-state index contributed by atoms with van der Waals surface area (Å²) in [6.45, 7) is 0.804. The number of amides is 1. The van der Waals surface area contributed by atoms with Crippen LogP contribution in [0.4, 0.5) is 0 Å². The fourth-order valence-corrected chi connectivity index (χ4v) is 4.01. The Kier molecular flexibility index (Phi) is 4.68. The van der Waals surface area contributed by atoms with E-state index in [1.165, 1.54) is 5.56 Å². The molecule has 1 fully saturated rings. The molecule has 2 aromatic carbocycles. The van der Waals surface area contributed by atoms with Crippen LogP contribution >= 0.6 is 11.8 Å². The molecule has 2 aromatic rings. The van der Waals surface area contributed by atoms with E-state index in [0.29, 0.717) is 6.42 Å². The highest BCUT2D eigenvalue weighted by Crippen LogP contribution is 2.38. The van der Waals surface area contributed by atoms with Gasteiger partial charge >= 0.3 is 0 Å². The predicted molar refractivity (Wildman–Crippen MR) is 90.1 cm³/mol. The molecular weight excluding hydrogens is 294 g/mol. The van der Waals surface area contributed by atoms with E-state index in [-0.39, 0.29) is 11.3 Å². The molecule has 1 aliphatic heterocycles. The highest BCUT2D eigenvalue weighted by molar-refractivity contribution is 7.99. The zero-order valence-electron chi connectivity index (χ0n) is 12.6. The van der Waals surface area contributed by atoms with Crippen LogP contribution in [0.2, 0.25) is 0 Å². The van der Waals surface area contributed by atoms with Crippen molar-refractivity contribution in [2.45, 2.75) is 11.8 Å². The zero-order chi connectivity index (χ0) is 15.4. The SMILES string of the molecule is COc1ccccc1CC(=O)N1CCSC1c1ccccc1. The second-order valence-corrected chi connectivity index (χ2v) is 6.40. The van der Waals surface area contributed by atoms with Gasteiger partial charge in [0.05, 0.1) is 13.5 Å². The summed E-state index contributed by atoms with van der Waals surface area (Å²) in [5, 5.41) is 0.128. The summed E-state index contributed by atoms with van der Waals surface area (Å²) < 4.78 is 5.34. The Hall–Kier alpha value is -1.94. The molecule has 1 aliphatic rings. The number of carbonyl (C=O) groups is 1. The van der Waals surface area contributed by atoms with Crippen molar-refractivity contribution in [3.8, 4) is 5.75 Å². The fourth-order valence-electron chi connectivity index (χ4n) is 2.73. The molecule has 0 bridgehead atoms. The summed E-state index contributed by atoms with van der Waals surface area (Å²) in [6, 6.07) is 18.0. The number of nitrogens with zero attached hydrogens (tertiary/aromatic N) is 1. The Bertz CT molecular complexity index is 645. The smallest absolute Gasteiger partial charge is 0.228 e. The third-order valence-corrected chi connectivity index (χ3v) is 5.09. The number of ether oxygens (including phenoxy) is 1. The minimum Gasteiger partial charge on any atom is -0.496 e. The monoisotopic (exact) mass is 313 g/mol. The van der Waals surface area contributed by atoms with Crippen LogP contribution in [0.5, 0.6) is 5.75 Å². The first-order chi connectivity index (χ1) is 10.8. The molecule has 3 rings (SSSR count). The molecular formula is C18H19NO2S. The van der Waals surface area contributed by atoms with Crippen LogP contribution in [0.3, 0.4) is 0 Å². The summed E-state index contributed by atoms with van der Waals surface area (Å²) >= 11 is 1.83. The molecule has 0 aliphatic carbocycles. The van der Waals surface area contributed by atoms with Crippen LogP contribution in [-0.4, -0.2) is 30.2 Å². The standard InChI is InChI=1S/C18H19NO2S/c1-21-16-10-6-5-9-15(16)13-17(20)19-11-12-22-18(19)14-7-3-2-4-8-14/h2-10,18H,11-13H2,1H3. The fraction of sp³-hybridized carbons (Fsp3) is 0.278. The van der Waals surface area contributed by atoms with Gasteiger partial charge in [-0.25, -0.2) is 0 Å². The van der Waals surface area contributed by atoms with Crippen molar-refractivity contribution in [3.05, 3.63) is 65.7 Å². The number of carbonyl (C=O) groups excluding carboxylic acids is 1. The maximum absolute atomic E-state index is 12.7. The van der Waals surface area contributed by atoms with Crippen LogP contribution in [-0.2, 0) is 11.2 Å². The van der Waals surface area contributed by atoms with Crippen molar-refractivity contribution in [2.24, 2.45) is 0 Å². The minimum absolute atomic E-state index is 0.128. The van der Waals surface area contributed by atoms with Gasteiger partial charge in [0.2, 0.25) is 5.91 Å². The van der Waals surface area contributed by atoms with E-state index in [4.69, 9.17) is 4.74 Å². The molecule has 22 heavy (non-hydrogen) atoms. The molecule has 0 N–H and O–H groups in total. The molecule has 4 heteroatoms. The van der Waals surface area contributed by atoms with Crippen molar-refractivity contribution < 1.29 is 9.53 Å². The lowest BCUT2D eigenvalue weighted by Crippen LogP contribution is -2.31. The molecule has 1 heterocycles. The third-order valence-electron chi connectivity index (χ3n) is 3.83. The highest BCUT2D eigenvalue weighted by atomic mass is 32.2. The van der Waals surface area contributed by atoms with E-state index in [0.717, 1.165) is 23.6 Å². The Morgan fingerprint density at radius 1 is 1.18 bits per heavy atom. The lowest BCUT2D eigenvalue weighted by Gasteiger charge is -2.24. The van der Waals surface area contributed by atoms with Gasteiger partial charge in [0.15, 0.2) is 0 Å². The van der Waals surface area contributed by atoms with E-state index in [1.807, 2.05) is 59.1 Å². The molecule has 3 nitrogen and oxygen atoms in total. The van der Waals surface area contributed by atoms with Gasteiger partial charge in [-0.3, -0.25) is 4.79 Å². The summed E-state index contributed by atoms with van der Waals surface area (Å²) in [6.07, 6.45) is 0.383. The summed E-state index contributed by atoms with van der Waals surface area (Å²) in [4.78, 5) is 14.7. The molecule has 1 saturated heterocycles. The molecule has 0 saturated carbocycles. The maximum Gasteiger partial charge on any atom is 0.228 e. The molecule has 0 radical (unpaired) electrons. The normalized spacial score (nSPS) is 17.5. The first-order valence-corrected chi connectivity index (χ1v) is 8.42. The number of benzene rings is 2. The minimum atomic E-state index is 0.128. The number of methoxy groups -OCH3 is 1. The lowest BCUT2D eigenvalue weighted by molar-refractivity contribution is -0.130. The Balaban J connectivity index is 1.77. The number of hydrogen-bond donors (Lipinski definition) is 0. The van der Waals surface area contributed by atoms with Gasteiger partial charge in [0.1, 0.15) is 11.1 Å². The quantitative estimate of drug-likeness (QED) is 0.865. The van der Waals surface area contributed by atoms with Crippen LogP contribution in [0.1, 0.15) is 16.5 Å². The van der Waals surface area contributed by atoms with Gasteiger partial charge in [0.25, 0.3) is 0 Å². The molecule has 0 aromatic heterocycles. The number of rotatable bonds is 4. The van der Waals surface area contributed by atoms with Crippen molar-refractivity contribution in [2.75, 3.05) is 19.4 Å². The van der Waals surface area contributed by atoms with Crippen molar-refractivity contribution in [1.29, 1.82) is 0 Å². The first kappa shape index (κ1) is 15.0. The lowest BCUT2D eigenvalue weighted by atomic mass is 10.1. The Labute approximate surface area is 135 Å². The van der Waals surface area contributed by atoms with E-state index >= 15 is 0 Å². The average Bonchev–Trinajstić information content (AvgIpc) is 3.06. The first-order valence-electron chi connectivity index (χ1n) is 7.37. The Morgan fingerprint density at radius 3 is 2.68 bits per heavy atom. The maximum atomic E-state index is 12.7. The van der Waals surface area contributed by atoms with Crippen LogP contribution < -0.4 is 4.74 Å². The number of thioether (sulfide) groups is 1. The topological polar surface area (TPSA) is 29.5 Å². The zero-order valence-corrected chi connectivity index (χ0v) is 13.4. The van der Waals surface area contributed by atoms with Crippen molar-refractivity contribution in [3.63, 3.8) is 0 Å². The summed E-state index contributed by atoms with van der Waals surface area (Å²) in [7, 11) is 1.64. The van der Waals surface area contributed by atoms with Crippen molar-refractivity contribution in [1.82, 2.24) is 4.90 Å². The molecule has 0 spiro atoms. The molecule has 114 valence electrons. The second kappa shape index (κ2) is 6.88. The summed E-state index contributed by atoms with van der Waals surface area (Å²) in [5.74, 6) is 1.92. The number of hydrogen-bond acceptors (Lipinski definition) is 3. The van der Waals surface area contributed by atoms with Gasteiger partial charge in [-0.2, -0.15) is 0 Å². The Morgan fingerprint density at radius 2 is 1.91 bits per heavy atom. The van der Waals surface area contributed by atoms with E-state index in [9.17, 15) is 4.79 Å². The third kappa shape index (κ3) is 3.12. The second-order valence-electron chi connectivity index (χ2n) is 5.21. The molecule has 1 atom stereocenters. The van der Waals surface area contributed by atoms with Gasteiger partial charge in [0, 0.05) is 17.9 Å². The van der Waals surface area contributed by atoms with E-state index in [1.54, 1.807) is 7.11 Å². The van der Waals surface area contributed by atoms with Crippen LogP contribution in [0.25, 0.3) is 0 Å². The average molecular weight is 313 g/mol. The highest BCUT2D eigenvalue weighted by Gasteiger charge is 2.30. The van der Waals surface area contributed by atoms with E-state index < -0.39 is 0 Å². The molecule has 1 unspecified atom stereocenters. The largest absolute Gasteiger partial charge is 0.496 e. The number of para-hydroxylation sites is 1. The van der Waals surface area contributed by atoms with Crippen LogP contribution in [0.15, 0.2) is 54.6 Å². The summed E-state index contributed by atoms with van der Waals surface area (Å²) in [5.41, 5.74) is 2.14. The van der Waals surface area contributed by atoms with Gasteiger partial charge in [-0.1, -0.05) is 48.5 Å². The predicted octanol–water partition coefficient (Wildman–Crippen LogP) is 3.51.